The molecule has 29 heavy (non-hydrogen) atoms. The van der Waals surface area contributed by atoms with Gasteiger partial charge in [0.05, 0.1) is 10.5 Å². The predicted octanol–water partition coefficient (Wildman–Crippen LogP) is 6.93. The SMILES string of the molecule is CC1=CC(C)(P2(=O)Oc3ccccc3-c3ccccc32)C=C(C)c2ccccc21. The van der Waals surface area contributed by atoms with Crippen LogP contribution in [0.5, 0.6) is 5.75 Å². The minimum Gasteiger partial charge on any atom is -0.438 e. The van der Waals surface area contributed by atoms with Gasteiger partial charge in [-0.1, -0.05) is 72.8 Å². The third-order valence-corrected chi connectivity index (χ3v) is 9.06. The molecule has 0 saturated heterocycles. The molecular weight excluding hydrogens is 375 g/mol. The van der Waals surface area contributed by atoms with E-state index < -0.39 is 12.5 Å². The first-order valence-corrected chi connectivity index (χ1v) is 11.5. The Balaban J connectivity index is 1.79. The molecule has 0 radical (unpaired) electrons. The minimum atomic E-state index is -3.31. The second-order valence-corrected chi connectivity index (χ2v) is 10.8. The number of benzene rings is 3. The van der Waals surface area contributed by atoms with Crippen LogP contribution in [0.3, 0.4) is 0 Å². The van der Waals surface area contributed by atoms with Crippen LogP contribution in [0.4, 0.5) is 0 Å². The van der Waals surface area contributed by atoms with Gasteiger partial charge < -0.3 is 4.52 Å². The average Bonchev–Trinajstić information content (AvgIpc) is 2.83. The van der Waals surface area contributed by atoms with Crippen molar-refractivity contribution >= 4 is 23.8 Å². The second-order valence-electron chi connectivity index (χ2n) is 8.08. The Morgan fingerprint density at radius 3 is 1.79 bits per heavy atom. The summed E-state index contributed by atoms with van der Waals surface area (Å²) in [4.78, 5) is 0. The van der Waals surface area contributed by atoms with Crippen LogP contribution in [-0.2, 0) is 4.57 Å². The molecule has 0 saturated carbocycles. The number of para-hydroxylation sites is 1. The molecule has 1 aliphatic heterocycles. The van der Waals surface area contributed by atoms with E-state index in [0.29, 0.717) is 5.75 Å². The lowest BCUT2D eigenvalue weighted by molar-refractivity contribution is 0.476. The van der Waals surface area contributed by atoms with Crippen LogP contribution in [0, 0.1) is 0 Å². The van der Waals surface area contributed by atoms with Gasteiger partial charge in [0.2, 0.25) is 0 Å². The Kier molecular flexibility index (Phi) is 3.98. The molecular formula is C26H23O2P. The van der Waals surface area contributed by atoms with Crippen molar-refractivity contribution in [2.24, 2.45) is 0 Å². The zero-order chi connectivity index (χ0) is 20.2. The number of rotatable bonds is 1. The first-order valence-electron chi connectivity index (χ1n) is 9.90. The Hall–Kier alpha value is -2.83. The summed E-state index contributed by atoms with van der Waals surface area (Å²) in [6.45, 7) is 6.23. The first kappa shape index (κ1) is 18.2. The molecule has 5 rings (SSSR count). The highest BCUT2D eigenvalue weighted by atomic mass is 31.2. The topological polar surface area (TPSA) is 26.3 Å². The molecule has 3 aromatic rings. The number of hydrogen-bond acceptors (Lipinski definition) is 2. The molecule has 2 aliphatic rings. The van der Waals surface area contributed by atoms with E-state index in [1.54, 1.807) is 0 Å². The normalized spacial score (nSPS) is 21.5. The fraction of sp³-hybridized carbons (Fsp3) is 0.154. The molecule has 0 N–H and O–H groups in total. The summed E-state index contributed by atoms with van der Waals surface area (Å²) in [5, 5.41) is 0.0318. The highest BCUT2D eigenvalue weighted by Gasteiger charge is 2.49. The van der Waals surface area contributed by atoms with Crippen LogP contribution >= 0.6 is 7.37 Å². The Labute approximate surface area is 172 Å². The van der Waals surface area contributed by atoms with Crippen molar-refractivity contribution in [2.45, 2.75) is 25.9 Å². The molecule has 0 spiro atoms. The number of hydrogen-bond donors (Lipinski definition) is 0. The Bertz CT molecular complexity index is 1210. The standard InChI is InChI=1S/C26H23O2P/c1-18-16-26(3,17-19(2)21-11-5-4-10-20(18)21)29(27)25-15-9-7-13-23(25)22-12-6-8-14-24(22)28-29/h4-17H,1-3H3. The van der Waals surface area contributed by atoms with E-state index in [1.807, 2.05) is 55.5 Å². The van der Waals surface area contributed by atoms with Gasteiger partial charge in [0.25, 0.3) is 7.37 Å². The van der Waals surface area contributed by atoms with Crippen molar-refractivity contribution in [3.8, 4) is 16.9 Å². The maximum absolute atomic E-state index is 14.8. The fourth-order valence-electron chi connectivity index (χ4n) is 4.69. The van der Waals surface area contributed by atoms with Crippen LogP contribution in [0.25, 0.3) is 22.3 Å². The fourth-order valence-corrected chi connectivity index (χ4v) is 7.46. The van der Waals surface area contributed by atoms with Crippen molar-refractivity contribution in [2.75, 3.05) is 0 Å². The Morgan fingerprint density at radius 1 is 0.690 bits per heavy atom. The van der Waals surface area contributed by atoms with Gasteiger partial charge in [0, 0.05) is 5.56 Å². The summed E-state index contributed by atoms with van der Waals surface area (Å²) in [5.74, 6) is 0.689. The average molecular weight is 398 g/mol. The maximum atomic E-state index is 14.8. The number of allylic oxidation sites excluding steroid dienone is 4. The molecule has 3 heteroatoms. The van der Waals surface area contributed by atoms with Crippen LogP contribution in [0.1, 0.15) is 31.9 Å². The summed E-state index contributed by atoms with van der Waals surface area (Å²) < 4.78 is 21.2. The van der Waals surface area contributed by atoms with Gasteiger partial charge in [-0.3, -0.25) is 4.57 Å². The van der Waals surface area contributed by atoms with Gasteiger partial charge in [0.1, 0.15) is 5.75 Å². The molecule has 1 aliphatic carbocycles. The van der Waals surface area contributed by atoms with Gasteiger partial charge in [-0.25, -0.2) is 0 Å². The molecule has 0 amide bonds. The molecule has 2 nitrogen and oxygen atoms in total. The quantitative estimate of drug-likeness (QED) is 0.416. The van der Waals surface area contributed by atoms with Crippen molar-refractivity contribution in [1.29, 1.82) is 0 Å². The molecule has 0 aromatic heterocycles. The summed E-state index contributed by atoms with van der Waals surface area (Å²) in [5.41, 5.74) is 6.59. The summed E-state index contributed by atoms with van der Waals surface area (Å²) in [6.07, 6.45) is 4.27. The Morgan fingerprint density at radius 2 is 1.17 bits per heavy atom. The van der Waals surface area contributed by atoms with Crippen molar-refractivity contribution < 1.29 is 9.09 Å². The molecule has 1 unspecified atom stereocenters. The van der Waals surface area contributed by atoms with Gasteiger partial charge in [-0.05, 0) is 60.7 Å². The third-order valence-electron chi connectivity index (χ3n) is 6.05. The maximum Gasteiger partial charge on any atom is 0.291 e. The highest BCUT2D eigenvalue weighted by molar-refractivity contribution is 7.69. The smallest absolute Gasteiger partial charge is 0.291 e. The first-order chi connectivity index (χ1) is 13.9. The van der Waals surface area contributed by atoms with Gasteiger partial charge in [-0.15, -0.1) is 0 Å². The molecule has 144 valence electrons. The van der Waals surface area contributed by atoms with Crippen molar-refractivity contribution in [3.63, 3.8) is 0 Å². The van der Waals surface area contributed by atoms with Gasteiger partial charge in [0.15, 0.2) is 0 Å². The van der Waals surface area contributed by atoms with E-state index >= 15 is 0 Å². The summed E-state index contributed by atoms with van der Waals surface area (Å²) in [6, 6.07) is 24.2. The predicted molar refractivity (Wildman–Crippen MR) is 122 cm³/mol. The minimum absolute atomic E-state index is 0.689. The van der Waals surface area contributed by atoms with E-state index in [9.17, 15) is 4.57 Å². The van der Waals surface area contributed by atoms with Crippen LogP contribution < -0.4 is 9.83 Å². The van der Waals surface area contributed by atoms with E-state index in [1.165, 1.54) is 11.1 Å². The molecule has 3 aromatic carbocycles. The molecule has 1 heterocycles. The summed E-state index contributed by atoms with van der Waals surface area (Å²) in [7, 11) is -3.31. The summed E-state index contributed by atoms with van der Waals surface area (Å²) >= 11 is 0. The van der Waals surface area contributed by atoms with E-state index in [-0.39, 0.29) is 0 Å². The zero-order valence-electron chi connectivity index (χ0n) is 16.8. The van der Waals surface area contributed by atoms with E-state index in [4.69, 9.17) is 4.52 Å². The highest BCUT2D eigenvalue weighted by Crippen LogP contribution is 2.65. The van der Waals surface area contributed by atoms with Crippen molar-refractivity contribution in [1.82, 2.24) is 0 Å². The molecule has 1 atom stereocenters. The third kappa shape index (κ3) is 2.59. The molecule has 0 bridgehead atoms. The van der Waals surface area contributed by atoms with Crippen LogP contribution in [0.15, 0.2) is 84.9 Å². The molecule has 0 fully saturated rings. The van der Waals surface area contributed by atoms with Crippen molar-refractivity contribution in [3.05, 3.63) is 96.1 Å². The van der Waals surface area contributed by atoms with E-state index in [0.717, 1.165) is 27.6 Å². The van der Waals surface area contributed by atoms with Crippen LogP contribution in [-0.4, -0.2) is 5.16 Å². The van der Waals surface area contributed by atoms with Gasteiger partial charge >= 0.3 is 0 Å². The monoisotopic (exact) mass is 398 g/mol. The van der Waals surface area contributed by atoms with E-state index in [2.05, 4.69) is 50.3 Å². The van der Waals surface area contributed by atoms with Crippen LogP contribution in [0.2, 0.25) is 0 Å². The number of fused-ring (bicyclic) bond motifs is 4. The lowest BCUT2D eigenvalue weighted by Gasteiger charge is -2.38. The largest absolute Gasteiger partial charge is 0.438 e. The second kappa shape index (κ2) is 6.34. The van der Waals surface area contributed by atoms with Gasteiger partial charge in [-0.2, -0.15) is 0 Å². The lowest BCUT2D eigenvalue weighted by atomic mass is 9.98. The lowest BCUT2D eigenvalue weighted by Crippen LogP contribution is -2.32. The zero-order valence-corrected chi connectivity index (χ0v) is 17.7.